The van der Waals surface area contributed by atoms with Gasteiger partial charge in [0.05, 0.1) is 0 Å². The molecule has 0 atom stereocenters. The number of urea groups is 1. The molecule has 0 aromatic heterocycles. The Kier molecular flexibility index (Phi) is 7.51. The lowest BCUT2D eigenvalue weighted by molar-refractivity contribution is 0.194. The minimum absolute atomic E-state index is 0.0220. The average Bonchev–Trinajstić information content (AvgIpc) is 3.18. The van der Waals surface area contributed by atoms with Gasteiger partial charge in [0, 0.05) is 32.1 Å². The molecule has 1 heterocycles. The topological polar surface area (TPSA) is 23.6 Å². The number of nitrogens with zero attached hydrogens (tertiary/aromatic N) is 2. The van der Waals surface area contributed by atoms with Gasteiger partial charge in [-0.3, -0.25) is 0 Å². The third kappa shape index (κ3) is 6.07. The van der Waals surface area contributed by atoms with E-state index in [0.29, 0.717) is 13.1 Å². The summed E-state index contributed by atoms with van der Waals surface area (Å²) in [7, 11) is 0. The largest absolute Gasteiger partial charge is 0.323 e. The summed E-state index contributed by atoms with van der Waals surface area (Å²) in [4.78, 5) is 16.5. The van der Waals surface area contributed by atoms with E-state index in [1.54, 1.807) is 24.3 Å². The fraction of sp³-hybridized carbons (Fsp3) is 0.250. The van der Waals surface area contributed by atoms with E-state index >= 15 is 0 Å². The number of rotatable bonds is 9. The zero-order valence-corrected chi connectivity index (χ0v) is 18.5. The van der Waals surface area contributed by atoms with Gasteiger partial charge in [-0.15, -0.1) is 0 Å². The summed E-state index contributed by atoms with van der Waals surface area (Å²) in [5, 5.41) is 0. The predicted molar refractivity (Wildman–Crippen MR) is 128 cm³/mol. The van der Waals surface area contributed by atoms with Gasteiger partial charge in [-0.25, -0.2) is 13.6 Å². The van der Waals surface area contributed by atoms with Crippen LogP contribution in [0.3, 0.4) is 0 Å². The lowest BCUT2D eigenvalue weighted by Gasteiger charge is -2.21. The van der Waals surface area contributed by atoms with Crippen molar-refractivity contribution in [3.63, 3.8) is 0 Å². The summed E-state index contributed by atoms with van der Waals surface area (Å²) in [5.41, 5.74) is 3.10. The highest BCUT2D eigenvalue weighted by Crippen LogP contribution is 2.30. The van der Waals surface area contributed by atoms with Gasteiger partial charge in [0.2, 0.25) is 0 Å². The summed E-state index contributed by atoms with van der Waals surface area (Å²) in [5.74, 6) is -0.532. The second-order valence-electron chi connectivity index (χ2n) is 8.33. The minimum atomic E-state index is -0.277. The van der Waals surface area contributed by atoms with Crippen molar-refractivity contribution < 1.29 is 13.6 Å². The fourth-order valence-electron chi connectivity index (χ4n) is 4.29. The fourth-order valence-corrected chi connectivity index (χ4v) is 4.29. The second kappa shape index (κ2) is 10.9. The average molecular weight is 447 g/mol. The summed E-state index contributed by atoms with van der Waals surface area (Å²) >= 11 is 0. The van der Waals surface area contributed by atoms with Gasteiger partial charge < -0.3 is 9.80 Å². The van der Waals surface area contributed by atoms with Crippen LogP contribution in [0.4, 0.5) is 13.6 Å². The van der Waals surface area contributed by atoms with E-state index in [-0.39, 0.29) is 23.6 Å². The minimum Gasteiger partial charge on any atom is -0.323 e. The first kappa shape index (κ1) is 22.7. The van der Waals surface area contributed by atoms with Crippen molar-refractivity contribution in [3.8, 4) is 0 Å². The van der Waals surface area contributed by atoms with Gasteiger partial charge in [-0.2, -0.15) is 0 Å². The normalized spacial score (nSPS) is 14.1. The standard InChI is InChI=1S/C28H28F2N2O/c29-25-14-10-23(11-15-25)27(24-12-16-26(30)17-13-24)9-5-19-32-21-20-31(28(32)33)18-4-8-22-6-2-1-3-7-22/h1-4,6-8,10-17,27H,5,9,18-21H2. The van der Waals surface area contributed by atoms with Crippen LogP contribution in [0.1, 0.15) is 35.4 Å². The molecule has 1 aliphatic heterocycles. The monoisotopic (exact) mass is 446 g/mol. The molecule has 5 heteroatoms. The van der Waals surface area contributed by atoms with Gasteiger partial charge in [0.15, 0.2) is 0 Å². The predicted octanol–water partition coefficient (Wildman–Crippen LogP) is 6.33. The lowest BCUT2D eigenvalue weighted by Crippen LogP contribution is -2.32. The van der Waals surface area contributed by atoms with Crippen molar-refractivity contribution >= 4 is 12.1 Å². The molecule has 1 saturated heterocycles. The summed E-state index contributed by atoms with van der Waals surface area (Å²) in [6, 6.07) is 23.1. The highest BCUT2D eigenvalue weighted by molar-refractivity contribution is 5.76. The SMILES string of the molecule is O=C1N(CC=Cc2ccccc2)CCN1CCCC(c1ccc(F)cc1)c1ccc(F)cc1. The molecule has 0 bridgehead atoms. The Balaban J connectivity index is 1.33. The van der Waals surface area contributed by atoms with Crippen LogP contribution in [0.15, 0.2) is 84.9 Å². The first-order valence-corrected chi connectivity index (χ1v) is 11.4. The molecule has 0 radical (unpaired) electrons. The lowest BCUT2D eigenvalue weighted by atomic mass is 9.87. The van der Waals surface area contributed by atoms with Gasteiger partial charge in [0.1, 0.15) is 11.6 Å². The summed E-state index contributed by atoms with van der Waals surface area (Å²) in [6.45, 7) is 2.70. The molecule has 0 unspecified atom stereocenters. The molecule has 33 heavy (non-hydrogen) atoms. The maximum absolute atomic E-state index is 13.4. The van der Waals surface area contributed by atoms with Crippen LogP contribution >= 0.6 is 0 Å². The zero-order chi connectivity index (χ0) is 23.0. The van der Waals surface area contributed by atoms with E-state index in [9.17, 15) is 13.6 Å². The van der Waals surface area contributed by atoms with Crippen LogP contribution in [-0.4, -0.2) is 42.0 Å². The molecule has 0 N–H and O–H groups in total. The Bertz CT molecular complexity index is 1020. The Morgan fingerprint density at radius 3 is 1.97 bits per heavy atom. The molecule has 0 aliphatic carbocycles. The second-order valence-corrected chi connectivity index (χ2v) is 8.33. The van der Waals surface area contributed by atoms with E-state index in [1.807, 2.05) is 52.3 Å². The Morgan fingerprint density at radius 2 is 1.36 bits per heavy atom. The van der Waals surface area contributed by atoms with Crippen LogP contribution in [0, 0.1) is 11.6 Å². The van der Waals surface area contributed by atoms with Crippen molar-refractivity contribution in [2.45, 2.75) is 18.8 Å². The first-order chi connectivity index (χ1) is 16.1. The maximum atomic E-state index is 13.4. The van der Waals surface area contributed by atoms with Crippen LogP contribution in [0.5, 0.6) is 0 Å². The van der Waals surface area contributed by atoms with Crippen molar-refractivity contribution in [2.24, 2.45) is 0 Å². The first-order valence-electron chi connectivity index (χ1n) is 11.4. The quantitative estimate of drug-likeness (QED) is 0.377. The number of halogens is 2. The van der Waals surface area contributed by atoms with Crippen molar-refractivity contribution in [1.82, 2.24) is 9.80 Å². The highest BCUT2D eigenvalue weighted by atomic mass is 19.1. The van der Waals surface area contributed by atoms with Gasteiger partial charge in [-0.1, -0.05) is 66.7 Å². The van der Waals surface area contributed by atoms with Crippen LogP contribution < -0.4 is 0 Å². The molecule has 3 aromatic rings. The molecule has 4 rings (SSSR count). The highest BCUT2D eigenvalue weighted by Gasteiger charge is 2.27. The van der Waals surface area contributed by atoms with E-state index in [1.165, 1.54) is 24.3 Å². The molecule has 1 aliphatic rings. The summed E-state index contributed by atoms with van der Waals surface area (Å²) < 4.78 is 26.8. The smallest absolute Gasteiger partial charge is 0.320 e. The molecule has 3 aromatic carbocycles. The van der Waals surface area contributed by atoms with E-state index in [0.717, 1.165) is 42.6 Å². The van der Waals surface area contributed by atoms with Crippen molar-refractivity contribution in [3.05, 3.63) is 113 Å². The third-order valence-electron chi connectivity index (χ3n) is 6.08. The number of benzene rings is 3. The Labute approximate surface area is 194 Å². The molecule has 1 fully saturated rings. The van der Waals surface area contributed by atoms with E-state index in [4.69, 9.17) is 0 Å². The molecular weight excluding hydrogens is 418 g/mol. The van der Waals surface area contributed by atoms with Gasteiger partial charge in [0.25, 0.3) is 0 Å². The van der Waals surface area contributed by atoms with Crippen LogP contribution in [0.2, 0.25) is 0 Å². The molecular formula is C28H28F2N2O. The maximum Gasteiger partial charge on any atom is 0.320 e. The molecule has 0 spiro atoms. The Hall–Kier alpha value is -3.47. The number of hydrogen-bond acceptors (Lipinski definition) is 1. The molecule has 0 saturated carbocycles. The zero-order valence-electron chi connectivity index (χ0n) is 18.5. The number of carbonyl (C=O) groups is 1. The molecule has 170 valence electrons. The van der Waals surface area contributed by atoms with Crippen molar-refractivity contribution in [2.75, 3.05) is 26.2 Å². The Morgan fingerprint density at radius 1 is 0.788 bits per heavy atom. The number of amides is 2. The van der Waals surface area contributed by atoms with Gasteiger partial charge >= 0.3 is 6.03 Å². The third-order valence-corrected chi connectivity index (χ3v) is 6.08. The summed E-state index contributed by atoms with van der Waals surface area (Å²) in [6.07, 6.45) is 5.65. The van der Waals surface area contributed by atoms with E-state index in [2.05, 4.69) is 0 Å². The van der Waals surface area contributed by atoms with Crippen LogP contribution in [0.25, 0.3) is 6.08 Å². The van der Waals surface area contributed by atoms with Crippen LogP contribution in [-0.2, 0) is 0 Å². The molecule has 3 nitrogen and oxygen atoms in total. The van der Waals surface area contributed by atoms with Crippen molar-refractivity contribution in [1.29, 1.82) is 0 Å². The number of hydrogen-bond donors (Lipinski definition) is 0. The van der Waals surface area contributed by atoms with Gasteiger partial charge in [-0.05, 0) is 53.8 Å². The molecule has 2 amide bonds. The number of carbonyl (C=O) groups excluding carboxylic acids is 1. The van der Waals surface area contributed by atoms with E-state index < -0.39 is 0 Å².